The average molecular weight is 294 g/mol. The topological polar surface area (TPSA) is 64.4 Å². The minimum Gasteiger partial charge on any atom is -0.466 e. The van der Waals surface area contributed by atoms with Crippen LogP contribution in [0.15, 0.2) is 21.9 Å². The largest absolute Gasteiger partial charge is 0.466 e. The molecule has 0 unspecified atom stereocenters. The van der Waals surface area contributed by atoms with Gasteiger partial charge in [0.05, 0.1) is 23.6 Å². The Morgan fingerprint density at radius 3 is 3.10 bits per heavy atom. The Labute approximate surface area is 122 Å². The van der Waals surface area contributed by atoms with Gasteiger partial charge in [0.15, 0.2) is 0 Å². The van der Waals surface area contributed by atoms with Gasteiger partial charge in [-0.25, -0.2) is 4.98 Å². The van der Waals surface area contributed by atoms with E-state index in [0.717, 1.165) is 16.3 Å². The fraction of sp³-hybridized carbons (Fsp3) is 0.429. The lowest BCUT2D eigenvalue weighted by Gasteiger charge is -2.03. The second kappa shape index (κ2) is 7.21. The molecule has 2 heterocycles. The summed E-state index contributed by atoms with van der Waals surface area (Å²) in [6.45, 7) is 5.27. The number of aryl methyl sites for hydroxylation is 1. The number of thiophene rings is 1. The number of rotatable bonds is 7. The molecule has 20 heavy (non-hydrogen) atoms. The third-order valence-electron chi connectivity index (χ3n) is 2.73. The maximum Gasteiger partial charge on any atom is 0.307 e. The number of carbonyl (C=O) groups is 1. The molecule has 0 spiro atoms. The van der Waals surface area contributed by atoms with Crippen LogP contribution in [0.2, 0.25) is 0 Å². The Bertz CT molecular complexity index is 549. The van der Waals surface area contributed by atoms with E-state index in [9.17, 15) is 4.79 Å². The van der Waals surface area contributed by atoms with Crippen molar-refractivity contribution in [3.63, 3.8) is 0 Å². The summed E-state index contributed by atoms with van der Waals surface area (Å²) in [4.78, 5) is 16.7. The predicted molar refractivity (Wildman–Crippen MR) is 77.5 cm³/mol. The minimum absolute atomic E-state index is 0.184. The fourth-order valence-corrected chi connectivity index (χ4v) is 2.38. The lowest BCUT2D eigenvalue weighted by molar-refractivity contribution is -0.142. The number of ether oxygens (including phenoxy) is 1. The predicted octanol–water partition coefficient (Wildman–Crippen LogP) is 2.75. The third kappa shape index (κ3) is 3.91. The lowest BCUT2D eigenvalue weighted by atomic mass is 10.3. The van der Waals surface area contributed by atoms with Crippen LogP contribution in [-0.2, 0) is 16.1 Å². The highest BCUT2D eigenvalue weighted by Crippen LogP contribution is 2.25. The number of hydrogen-bond acceptors (Lipinski definition) is 6. The molecular formula is C14H18N2O3S. The normalized spacial score (nSPS) is 10.7. The molecule has 0 amide bonds. The number of hydrogen-bond donors (Lipinski definition) is 1. The SMILES string of the molecule is CCOC(=O)CCNCc1nc(-c2cccs2)oc1C. The summed E-state index contributed by atoms with van der Waals surface area (Å²) in [6, 6.07) is 3.95. The van der Waals surface area contributed by atoms with E-state index in [1.54, 1.807) is 18.3 Å². The van der Waals surface area contributed by atoms with E-state index in [0.29, 0.717) is 32.0 Å². The molecule has 0 saturated heterocycles. The molecule has 2 aromatic rings. The van der Waals surface area contributed by atoms with Gasteiger partial charge in [-0.05, 0) is 25.3 Å². The maximum atomic E-state index is 11.2. The molecule has 0 saturated carbocycles. The highest BCUT2D eigenvalue weighted by molar-refractivity contribution is 7.13. The molecule has 5 nitrogen and oxygen atoms in total. The van der Waals surface area contributed by atoms with Gasteiger partial charge >= 0.3 is 5.97 Å². The van der Waals surface area contributed by atoms with Crippen LogP contribution in [0.5, 0.6) is 0 Å². The van der Waals surface area contributed by atoms with Crippen LogP contribution in [-0.4, -0.2) is 24.1 Å². The highest BCUT2D eigenvalue weighted by Gasteiger charge is 2.11. The van der Waals surface area contributed by atoms with E-state index in [1.807, 2.05) is 24.4 Å². The monoisotopic (exact) mass is 294 g/mol. The van der Waals surface area contributed by atoms with Crippen molar-refractivity contribution in [3.05, 3.63) is 29.0 Å². The molecule has 0 aliphatic rings. The lowest BCUT2D eigenvalue weighted by Crippen LogP contribution is -2.19. The first-order valence-corrected chi connectivity index (χ1v) is 7.45. The standard InChI is InChI=1S/C14H18N2O3S/c1-3-18-13(17)6-7-15-9-11-10(2)19-14(16-11)12-5-4-8-20-12/h4-5,8,15H,3,6-7,9H2,1-2H3. The van der Waals surface area contributed by atoms with Crippen molar-refractivity contribution in [2.24, 2.45) is 0 Å². The molecule has 6 heteroatoms. The van der Waals surface area contributed by atoms with Crippen LogP contribution in [0.25, 0.3) is 10.8 Å². The second-order valence-corrected chi connectivity index (χ2v) is 5.18. The van der Waals surface area contributed by atoms with Crippen molar-refractivity contribution in [2.45, 2.75) is 26.8 Å². The summed E-state index contributed by atoms with van der Waals surface area (Å²) in [5.41, 5.74) is 0.872. The number of carbonyl (C=O) groups excluding carboxylic acids is 1. The number of aromatic nitrogens is 1. The average Bonchev–Trinajstić information content (AvgIpc) is 3.05. The molecule has 0 atom stereocenters. The van der Waals surface area contributed by atoms with Crippen molar-refractivity contribution in [1.82, 2.24) is 10.3 Å². The van der Waals surface area contributed by atoms with Gasteiger partial charge in [-0.2, -0.15) is 0 Å². The van der Waals surface area contributed by atoms with E-state index in [-0.39, 0.29) is 5.97 Å². The molecule has 1 N–H and O–H groups in total. The van der Waals surface area contributed by atoms with Crippen LogP contribution in [0.3, 0.4) is 0 Å². The summed E-state index contributed by atoms with van der Waals surface area (Å²) < 4.78 is 10.5. The number of nitrogens with zero attached hydrogens (tertiary/aromatic N) is 1. The zero-order valence-electron chi connectivity index (χ0n) is 11.6. The molecular weight excluding hydrogens is 276 g/mol. The van der Waals surface area contributed by atoms with Gasteiger partial charge in [-0.3, -0.25) is 4.79 Å². The molecule has 0 aliphatic carbocycles. The zero-order chi connectivity index (χ0) is 14.4. The first-order chi connectivity index (χ1) is 9.70. The quantitative estimate of drug-likeness (QED) is 0.628. The van der Waals surface area contributed by atoms with Gasteiger partial charge in [0.1, 0.15) is 5.76 Å². The van der Waals surface area contributed by atoms with Crippen LogP contribution < -0.4 is 5.32 Å². The van der Waals surface area contributed by atoms with E-state index in [1.165, 1.54) is 0 Å². The number of esters is 1. The zero-order valence-corrected chi connectivity index (χ0v) is 12.5. The van der Waals surface area contributed by atoms with Crippen molar-refractivity contribution in [1.29, 1.82) is 0 Å². The highest BCUT2D eigenvalue weighted by atomic mass is 32.1. The Kier molecular flexibility index (Phi) is 5.31. The van der Waals surface area contributed by atoms with Crippen LogP contribution in [0, 0.1) is 6.92 Å². The van der Waals surface area contributed by atoms with Crippen molar-refractivity contribution in [2.75, 3.05) is 13.2 Å². The summed E-state index contributed by atoms with van der Waals surface area (Å²) in [7, 11) is 0. The molecule has 108 valence electrons. The van der Waals surface area contributed by atoms with Crippen LogP contribution in [0.4, 0.5) is 0 Å². The molecule has 2 aromatic heterocycles. The molecule has 0 radical (unpaired) electrons. The number of nitrogens with one attached hydrogen (secondary N) is 1. The molecule has 0 fully saturated rings. The minimum atomic E-state index is -0.184. The Balaban J connectivity index is 1.83. The van der Waals surface area contributed by atoms with E-state index < -0.39 is 0 Å². The molecule has 0 aliphatic heterocycles. The number of oxazole rings is 1. The van der Waals surface area contributed by atoms with Gasteiger partial charge in [-0.1, -0.05) is 6.07 Å². The first kappa shape index (κ1) is 14.7. The maximum absolute atomic E-state index is 11.2. The van der Waals surface area contributed by atoms with Gasteiger partial charge in [0, 0.05) is 13.1 Å². The summed E-state index contributed by atoms with van der Waals surface area (Å²) >= 11 is 1.60. The Morgan fingerprint density at radius 2 is 2.40 bits per heavy atom. The van der Waals surface area contributed by atoms with Crippen molar-refractivity contribution < 1.29 is 13.9 Å². The van der Waals surface area contributed by atoms with Crippen molar-refractivity contribution >= 4 is 17.3 Å². The third-order valence-corrected chi connectivity index (χ3v) is 3.59. The van der Waals surface area contributed by atoms with Gasteiger partial charge in [0.2, 0.25) is 5.89 Å². The fourth-order valence-electron chi connectivity index (χ4n) is 1.73. The van der Waals surface area contributed by atoms with E-state index in [4.69, 9.17) is 9.15 Å². The second-order valence-electron chi connectivity index (χ2n) is 4.23. The van der Waals surface area contributed by atoms with E-state index >= 15 is 0 Å². The Hall–Kier alpha value is -1.66. The summed E-state index contributed by atoms with van der Waals surface area (Å²) in [5.74, 6) is 1.27. The Morgan fingerprint density at radius 1 is 1.55 bits per heavy atom. The van der Waals surface area contributed by atoms with Gasteiger partial charge < -0.3 is 14.5 Å². The smallest absolute Gasteiger partial charge is 0.307 e. The van der Waals surface area contributed by atoms with Crippen molar-refractivity contribution in [3.8, 4) is 10.8 Å². The molecule has 0 bridgehead atoms. The van der Waals surface area contributed by atoms with Gasteiger partial charge in [-0.15, -0.1) is 11.3 Å². The van der Waals surface area contributed by atoms with Crippen LogP contribution >= 0.6 is 11.3 Å². The summed E-state index contributed by atoms with van der Waals surface area (Å²) in [5, 5.41) is 5.16. The first-order valence-electron chi connectivity index (χ1n) is 6.57. The summed E-state index contributed by atoms with van der Waals surface area (Å²) in [6.07, 6.45) is 0.364. The molecule has 2 rings (SSSR count). The van der Waals surface area contributed by atoms with Gasteiger partial charge in [0.25, 0.3) is 0 Å². The van der Waals surface area contributed by atoms with E-state index in [2.05, 4.69) is 10.3 Å². The molecule has 0 aromatic carbocycles. The van der Waals surface area contributed by atoms with Crippen LogP contribution in [0.1, 0.15) is 24.8 Å².